The van der Waals surface area contributed by atoms with Gasteiger partial charge in [-0.05, 0) is 24.3 Å². The quantitative estimate of drug-likeness (QED) is 0.555. The van der Waals surface area contributed by atoms with Crippen molar-refractivity contribution in [3.8, 4) is 11.3 Å². The minimum absolute atomic E-state index is 0.119. The smallest absolute Gasteiger partial charge is 0.356 e. The van der Waals surface area contributed by atoms with Crippen LogP contribution in [0.1, 0.15) is 10.5 Å². The van der Waals surface area contributed by atoms with Crippen LogP contribution in [0, 0.1) is 0 Å². The van der Waals surface area contributed by atoms with E-state index >= 15 is 0 Å². The van der Waals surface area contributed by atoms with Crippen LogP contribution in [-0.4, -0.2) is 18.1 Å². The minimum atomic E-state index is -0.570. The molecular formula is C13H7Cl4NO2. The normalized spacial score (nSPS) is 10.4. The highest BCUT2D eigenvalue weighted by atomic mass is 35.5. The number of hydrogen-bond acceptors (Lipinski definition) is 3. The van der Waals surface area contributed by atoms with Gasteiger partial charge in [-0.25, -0.2) is 9.78 Å². The van der Waals surface area contributed by atoms with E-state index in [4.69, 9.17) is 46.4 Å². The molecule has 0 atom stereocenters. The highest BCUT2D eigenvalue weighted by molar-refractivity contribution is 6.44. The number of methoxy groups -OCH3 is 1. The number of esters is 1. The largest absolute Gasteiger partial charge is 0.464 e. The Morgan fingerprint density at radius 2 is 1.65 bits per heavy atom. The average Bonchev–Trinajstić information content (AvgIpc) is 2.43. The summed E-state index contributed by atoms with van der Waals surface area (Å²) in [5.41, 5.74) is 0.934. The van der Waals surface area contributed by atoms with Gasteiger partial charge in [-0.1, -0.05) is 46.4 Å². The van der Waals surface area contributed by atoms with E-state index in [0.29, 0.717) is 31.3 Å². The summed E-state index contributed by atoms with van der Waals surface area (Å²) in [5.74, 6) is -0.570. The predicted molar refractivity (Wildman–Crippen MR) is 81.1 cm³/mol. The second kappa shape index (κ2) is 6.19. The van der Waals surface area contributed by atoms with Crippen molar-refractivity contribution >= 4 is 52.4 Å². The monoisotopic (exact) mass is 349 g/mol. The van der Waals surface area contributed by atoms with Gasteiger partial charge in [-0.3, -0.25) is 0 Å². The number of pyridine rings is 1. The third kappa shape index (κ3) is 3.01. The summed E-state index contributed by atoms with van der Waals surface area (Å²) < 4.78 is 4.62. The Kier molecular flexibility index (Phi) is 4.76. The van der Waals surface area contributed by atoms with Crippen LogP contribution in [0.4, 0.5) is 0 Å². The summed E-state index contributed by atoms with van der Waals surface area (Å²) in [7, 11) is 1.27. The van der Waals surface area contributed by atoms with E-state index in [-0.39, 0.29) is 5.69 Å². The number of rotatable bonds is 2. The summed E-state index contributed by atoms with van der Waals surface area (Å²) in [6, 6.07) is 6.03. The first-order chi connectivity index (χ1) is 9.43. The lowest BCUT2D eigenvalue weighted by atomic mass is 10.1. The Morgan fingerprint density at radius 3 is 2.30 bits per heavy atom. The van der Waals surface area contributed by atoms with E-state index in [1.54, 1.807) is 6.07 Å². The molecule has 0 spiro atoms. The van der Waals surface area contributed by atoms with Crippen LogP contribution in [-0.2, 0) is 4.74 Å². The summed E-state index contributed by atoms with van der Waals surface area (Å²) in [6.07, 6.45) is 0. The first-order valence-corrected chi connectivity index (χ1v) is 6.85. The molecular weight excluding hydrogens is 344 g/mol. The summed E-state index contributed by atoms with van der Waals surface area (Å²) in [5, 5.41) is 1.29. The zero-order chi connectivity index (χ0) is 14.9. The molecule has 20 heavy (non-hydrogen) atoms. The first kappa shape index (κ1) is 15.4. The number of halogens is 4. The summed E-state index contributed by atoms with van der Waals surface area (Å²) in [4.78, 5) is 15.7. The number of nitrogens with zero attached hydrogens (tertiary/aromatic N) is 1. The van der Waals surface area contributed by atoms with E-state index in [9.17, 15) is 4.79 Å². The standard InChI is InChI=1S/C13H7Cl4NO2/c1-20-13(19)11-3-2-7(14)12(18-11)6-4-9(16)10(17)5-8(6)15/h2-5H,1H3. The lowest BCUT2D eigenvalue weighted by Crippen LogP contribution is -2.05. The molecule has 0 unspecified atom stereocenters. The molecule has 104 valence electrons. The minimum Gasteiger partial charge on any atom is -0.464 e. The number of ether oxygens (including phenoxy) is 1. The van der Waals surface area contributed by atoms with Crippen molar-refractivity contribution in [2.75, 3.05) is 7.11 Å². The van der Waals surface area contributed by atoms with Crippen LogP contribution in [0.2, 0.25) is 20.1 Å². The molecule has 0 aliphatic carbocycles. The molecule has 1 heterocycles. The molecule has 1 aromatic heterocycles. The maximum Gasteiger partial charge on any atom is 0.356 e. The van der Waals surface area contributed by atoms with Crippen LogP contribution >= 0.6 is 46.4 Å². The average molecular weight is 351 g/mol. The molecule has 0 saturated carbocycles. The second-order valence-corrected chi connectivity index (χ2v) is 5.39. The van der Waals surface area contributed by atoms with Gasteiger partial charge in [0.25, 0.3) is 0 Å². The Bertz CT molecular complexity index is 688. The fourth-order valence-corrected chi connectivity index (χ4v) is 2.40. The van der Waals surface area contributed by atoms with E-state index in [2.05, 4.69) is 9.72 Å². The molecule has 2 rings (SSSR count). The van der Waals surface area contributed by atoms with Gasteiger partial charge >= 0.3 is 5.97 Å². The van der Waals surface area contributed by atoms with Gasteiger partial charge in [0.05, 0.1) is 32.9 Å². The number of benzene rings is 1. The van der Waals surface area contributed by atoms with Crippen molar-refractivity contribution in [3.05, 3.63) is 50.0 Å². The molecule has 0 aliphatic rings. The van der Waals surface area contributed by atoms with Crippen LogP contribution in [0.25, 0.3) is 11.3 Å². The molecule has 3 nitrogen and oxygen atoms in total. The van der Waals surface area contributed by atoms with Gasteiger partial charge in [0.15, 0.2) is 0 Å². The Hall–Kier alpha value is -1.000. The van der Waals surface area contributed by atoms with Crippen LogP contribution < -0.4 is 0 Å². The number of carbonyl (C=O) groups is 1. The molecule has 0 bridgehead atoms. The molecule has 0 fully saturated rings. The van der Waals surface area contributed by atoms with Crippen molar-refractivity contribution < 1.29 is 9.53 Å². The third-order valence-electron chi connectivity index (χ3n) is 2.51. The summed E-state index contributed by atoms with van der Waals surface area (Å²) in [6.45, 7) is 0. The molecule has 0 amide bonds. The SMILES string of the molecule is COC(=O)c1ccc(Cl)c(-c2cc(Cl)c(Cl)cc2Cl)n1. The second-order valence-electron chi connectivity index (χ2n) is 3.76. The van der Waals surface area contributed by atoms with Gasteiger partial charge in [-0.15, -0.1) is 0 Å². The highest BCUT2D eigenvalue weighted by Crippen LogP contribution is 2.37. The lowest BCUT2D eigenvalue weighted by Gasteiger charge is -2.09. The number of hydrogen-bond donors (Lipinski definition) is 0. The fourth-order valence-electron chi connectivity index (χ4n) is 1.55. The maximum atomic E-state index is 11.5. The van der Waals surface area contributed by atoms with Crippen molar-refractivity contribution in [2.45, 2.75) is 0 Å². The van der Waals surface area contributed by atoms with Crippen molar-refractivity contribution in [1.29, 1.82) is 0 Å². The molecule has 7 heteroatoms. The molecule has 0 aliphatic heterocycles. The van der Waals surface area contributed by atoms with Gasteiger partial charge in [0.2, 0.25) is 0 Å². The van der Waals surface area contributed by atoms with Crippen LogP contribution in [0.3, 0.4) is 0 Å². The van der Waals surface area contributed by atoms with Gasteiger partial charge in [0, 0.05) is 5.56 Å². The predicted octanol–water partition coefficient (Wildman–Crippen LogP) is 5.15. The zero-order valence-electron chi connectivity index (χ0n) is 10.1. The maximum absolute atomic E-state index is 11.5. The Labute approximate surface area is 135 Å². The number of carbonyl (C=O) groups excluding carboxylic acids is 1. The van der Waals surface area contributed by atoms with Crippen LogP contribution in [0.15, 0.2) is 24.3 Å². The van der Waals surface area contributed by atoms with Gasteiger partial charge < -0.3 is 4.74 Å². The molecule has 2 aromatic rings. The van der Waals surface area contributed by atoms with Gasteiger partial charge in [-0.2, -0.15) is 0 Å². The Balaban J connectivity index is 2.63. The third-order valence-corrected chi connectivity index (χ3v) is 3.85. The fraction of sp³-hybridized carbons (Fsp3) is 0.0769. The highest BCUT2D eigenvalue weighted by Gasteiger charge is 2.16. The first-order valence-electron chi connectivity index (χ1n) is 5.34. The van der Waals surface area contributed by atoms with Crippen molar-refractivity contribution in [1.82, 2.24) is 4.98 Å². The number of aromatic nitrogens is 1. The topological polar surface area (TPSA) is 39.2 Å². The van der Waals surface area contributed by atoms with E-state index in [1.165, 1.54) is 25.3 Å². The molecule has 0 saturated heterocycles. The Morgan fingerprint density at radius 1 is 1.00 bits per heavy atom. The van der Waals surface area contributed by atoms with Crippen molar-refractivity contribution in [3.63, 3.8) is 0 Å². The molecule has 0 N–H and O–H groups in total. The summed E-state index contributed by atoms with van der Waals surface area (Å²) >= 11 is 24.0. The zero-order valence-corrected chi connectivity index (χ0v) is 13.1. The van der Waals surface area contributed by atoms with E-state index in [1.807, 2.05) is 0 Å². The van der Waals surface area contributed by atoms with E-state index < -0.39 is 5.97 Å². The lowest BCUT2D eigenvalue weighted by molar-refractivity contribution is 0.0594. The van der Waals surface area contributed by atoms with E-state index in [0.717, 1.165) is 0 Å². The molecule has 1 aromatic carbocycles. The van der Waals surface area contributed by atoms with Crippen molar-refractivity contribution in [2.24, 2.45) is 0 Å². The van der Waals surface area contributed by atoms with Crippen LogP contribution in [0.5, 0.6) is 0 Å². The molecule has 0 radical (unpaired) electrons. The van der Waals surface area contributed by atoms with Gasteiger partial charge in [0.1, 0.15) is 5.69 Å².